The van der Waals surface area contributed by atoms with E-state index in [2.05, 4.69) is 9.71 Å². The van der Waals surface area contributed by atoms with Crippen molar-refractivity contribution >= 4 is 15.7 Å². The quantitative estimate of drug-likeness (QED) is 0.833. The molecule has 0 aliphatic heterocycles. The number of hydrogen-bond donors (Lipinski definition) is 2. The Morgan fingerprint density at radius 1 is 1.16 bits per heavy atom. The third-order valence-corrected chi connectivity index (χ3v) is 4.29. The van der Waals surface area contributed by atoms with Crippen molar-refractivity contribution in [2.75, 3.05) is 5.73 Å². The van der Waals surface area contributed by atoms with Crippen LogP contribution in [-0.4, -0.2) is 13.4 Å². The lowest BCUT2D eigenvalue weighted by Crippen LogP contribution is -2.28. The lowest BCUT2D eigenvalue weighted by atomic mass is 10.2. The smallest absolute Gasteiger partial charge is 0.243 e. The number of nitrogen functional groups attached to an aromatic ring is 1. The van der Waals surface area contributed by atoms with Crippen molar-refractivity contribution in [2.24, 2.45) is 0 Å². The molecule has 0 bridgehead atoms. The van der Waals surface area contributed by atoms with E-state index >= 15 is 0 Å². The van der Waals surface area contributed by atoms with E-state index in [-0.39, 0.29) is 10.6 Å². The van der Waals surface area contributed by atoms with Crippen LogP contribution in [0.2, 0.25) is 0 Å². The summed E-state index contributed by atoms with van der Waals surface area (Å²) >= 11 is 0. The summed E-state index contributed by atoms with van der Waals surface area (Å²) in [4.78, 5) is 4.20. The van der Waals surface area contributed by atoms with Crippen molar-refractivity contribution < 1.29 is 8.42 Å². The molecule has 0 fully saturated rings. The van der Waals surface area contributed by atoms with Crippen molar-refractivity contribution in [1.29, 1.82) is 0 Å². The largest absolute Gasteiger partial charge is 0.398 e. The fourth-order valence-electron chi connectivity index (χ4n) is 1.71. The minimum atomic E-state index is -3.65. The van der Waals surface area contributed by atoms with Crippen molar-refractivity contribution in [3.63, 3.8) is 0 Å². The first-order valence-corrected chi connectivity index (χ1v) is 7.27. The first-order valence-electron chi connectivity index (χ1n) is 5.78. The van der Waals surface area contributed by atoms with Gasteiger partial charge in [0.1, 0.15) is 4.90 Å². The molecule has 0 radical (unpaired) electrons. The average molecular weight is 277 g/mol. The second kappa shape index (κ2) is 5.38. The van der Waals surface area contributed by atoms with E-state index < -0.39 is 16.1 Å². The Labute approximate surface area is 112 Å². The Morgan fingerprint density at radius 3 is 2.47 bits per heavy atom. The first kappa shape index (κ1) is 13.5. The number of nitrogens with one attached hydrogen (secondary N) is 1. The Balaban J connectivity index is 2.26. The number of aromatic nitrogens is 1. The van der Waals surface area contributed by atoms with Crippen LogP contribution in [0.5, 0.6) is 0 Å². The SMILES string of the molecule is CC(NS(=O)(=O)c1ccccc1N)c1ccccn1. The Hall–Kier alpha value is -1.92. The summed E-state index contributed by atoms with van der Waals surface area (Å²) in [6, 6.07) is 11.3. The summed E-state index contributed by atoms with van der Waals surface area (Å²) in [7, 11) is -3.65. The van der Waals surface area contributed by atoms with Gasteiger partial charge < -0.3 is 5.73 Å². The van der Waals surface area contributed by atoms with E-state index in [1.54, 1.807) is 43.5 Å². The average Bonchev–Trinajstić information content (AvgIpc) is 2.39. The number of para-hydroxylation sites is 1. The number of anilines is 1. The molecule has 0 amide bonds. The van der Waals surface area contributed by atoms with Gasteiger partial charge in [0.2, 0.25) is 10.0 Å². The second-order valence-electron chi connectivity index (χ2n) is 4.14. The van der Waals surface area contributed by atoms with Gasteiger partial charge in [-0.25, -0.2) is 13.1 Å². The number of nitrogens with zero attached hydrogens (tertiary/aromatic N) is 1. The number of nitrogens with two attached hydrogens (primary N) is 1. The zero-order valence-electron chi connectivity index (χ0n) is 10.4. The van der Waals surface area contributed by atoms with Crippen LogP contribution >= 0.6 is 0 Å². The Bertz CT molecular complexity index is 657. The molecule has 0 spiro atoms. The lowest BCUT2D eigenvalue weighted by molar-refractivity contribution is 0.564. The normalized spacial score (nSPS) is 13.1. The highest BCUT2D eigenvalue weighted by Crippen LogP contribution is 2.19. The molecule has 19 heavy (non-hydrogen) atoms. The molecule has 2 rings (SSSR count). The van der Waals surface area contributed by atoms with E-state index in [0.717, 1.165) is 0 Å². The lowest BCUT2D eigenvalue weighted by Gasteiger charge is -2.14. The molecule has 1 aromatic heterocycles. The second-order valence-corrected chi connectivity index (χ2v) is 5.82. The fourth-order valence-corrected chi connectivity index (χ4v) is 3.06. The van der Waals surface area contributed by atoms with Crippen LogP contribution in [-0.2, 0) is 10.0 Å². The summed E-state index contributed by atoms with van der Waals surface area (Å²) in [5, 5.41) is 0. The van der Waals surface area contributed by atoms with Crippen LogP contribution in [0.15, 0.2) is 53.6 Å². The third-order valence-electron chi connectivity index (χ3n) is 2.67. The standard InChI is InChI=1S/C13H15N3O2S/c1-10(12-7-4-5-9-15-12)16-19(17,18)13-8-3-2-6-11(13)14/h2-10,16H,14H2,1H3. The Morgan fingerprint density at radius 2 is 1.84 bits per heavy atom. The molecule has 0 aliphatic carbocycles. The Kier molecular flexibility index (Phi) is 3.82. The van der Waals surface area contributed by atoms with E-state index in [1.165, 1.54) is 6.07 Å². The molecule has 0 saturated carbocycles. The van der Waals surface area contributed by atoms with Crippen molar-refractivity contribution in [2.45, 2.75) is 17.9 Å². The molecule has 1 aromatic carbocycles. The molecule has 5 nitrogen and oxygen atoms in total. The van der Waals surface area contributed by atoms with Crippen LogP contribution in [0.4, 0.5) is 5.69 Å². The van der Waals surface area contributed by atoms with Gasteiger partial charge in [0.15, 0.2) is 0 Å². The molecule has 2 aromatic rings. The molecule has 3 N–H and O–H groups in total. The summed E-state index contributed by atoms with van der Waals surface area (Å²) in [5.41, 5.74) is 6.56. The first-order chi connectivity index (χ1) is 9.00. The van der Waals surface area contributed by atoms with Gasteiger partial charge in [0, 0.05) is 6.20 Å². The highest BCUT2D eigenvalue weighted by molar-refractivity contribution is 7.89. The maximum absolute atomic E-state index is 12.2. The van der Waals surface area contributed by atoms with Gasteiger partial charge in [-0.1, -0.05) is 18.2 Å². The summed E-state index contributed by atoms with van der Waals surface area (Å²) < 4.78 is 27.0. The highest BCUT2D eigenvalue weighted by atomic mass is 32.2. The van der Waals surface area contributed by atoms with Gasteiger partial charge in [-0.3, -0.25) is 4.98 Å². The van der Waals surface area contributed by atoms with E-state index in [0.29, 0.717) is 5.69 Å². The van der Waals surface area contributed by atoms with Gasteiger partial charge in [-0.15, -0.1) is 0 Å². The number of benzene rings is 1. The molecular weight excluding hydrogens is 262 g/mol. The topological polar surface area (TPSA) is 85.1 Å². The van der Waals surface area contributed by atoms with Gasteiger partial charge in [-0.2, -0.15) is 0 Å². The monoisotopic (exact) mass is 277 g/mol. The van der Waals surface area contributed by atoms with Gasteiger partial charge in [-0.05, 0) is 31.2 Å². The van der Waals surface area contributed by atoms with E-state index in [1.807, 2.05) is 6.07 Å². The molecule has 1 unspecified atom stereocenters. The molecule has 1 heterocycles. The third kappa shape index (κ3) is 3.10. The number of rotatable bonds is 4. The van der Waals surface area contributed by atoms with Gasteiger partial charge in [0.25, 0.3) is 0 Å². The van der Waals surface area contributed by atoms with Gasteiger partial charge >= 0.3 is 0 Å². The number of pyridine rings is 1. The van der Waals surface area contributed by atoms with Gasteiger partial charge in [0.05, 0.1) is 17.4 Å². The van der Waals surface area contributed by atoms with Crippen molar-refractivity contribution in [3.8, 4) is 0 Å². The fraction of sp³-hybridized carbons (Fsp3) is 0.154. The molecule has 100 valence electrons. The summed E-state index contributed by atoms with van der Waals surface area (Å²) in [6.07, 6.45) is 1.62. The van der Waals surface area contributed by atoms with Crippen LogP contribution in [0, 0.1) is 0 Å². The van der Waals surface area contributed by atoms with Crippen LogP contribution in [0.25, 0.3) is 0 Å². The predicted octanol–water partition coefficient (Wildman–Crippen LogP) is 1.70. The molecular formula is C13H15N3O2S. The zero-order chi connectivity index (χ0) is 13.9. The van der Waals surface area contributed by atoms with Crippen LogP contribution in [0.1, 0.15) is 18.7 Å². The zero-order valence-corrected chi connectivity index (χ0v) is 11.3. The van der Waals surface area contributed by atoms with Crippen molar-refractivity contribution in [3.05, 3.63) is 54.4 Å². The summed E-state index contributed by atoms with van der Waals surface area (Å²) in [5.74, 6) is 0. The minimum absolute atomic E-state index is 0.0813. The molecule has 0 saturated heterocycles. The maximum atomic E-state index is 12.2. The number of sulfonamides is 1. The molecule has 6 heteroatoms. The maximum Gasteiger partial charge on any atom is 0.243 e. The summed E-state index contributed by atoms with van der Waals surface area (Å²) in [6.45, 7) is 1.74. The van der Waals surface area contributed by atoms with Crippen molar-refractivity contribution in [1.82, 2.24) is 9.71 Å². The minimum Gasteiger partial charge on any atom is -0.398 e. The highest BCUT2D eigenvalue weighted by Gasteiger charge is 2.20. The molecule has 1 atom stereocenters. The number of hydrogen-bond acceptors (Lipinski definition) is 4. The van der Waals surface area contributed by atoms with E-state index in [4.69, 9.17) is 5.73 Å². The predicted molar refractivity (Wildman–Crippen MR) is 73.8 cm³/mol. The van der Waals surface area contributed by atoms with Crippen LogP contribution < -0.4 is 10.5 Å². The van der Waals surface area contributed by atoms with Crippen LogP contribution in [0.3, 0.4) is 0 Å². The van der Waals surface area contributed by atoms with E-state index in [9.17, 15) is 8.42 Å². The molecule has 0 aliphatic rings.